The molecule has 1 aromatic heterocycles. The molecule has 0 spiro atoms. The Hall–Kier alpha value is -1.92. The van der Waals surface area contributed by atoms with Crippen LogP contribution < -0.4 is 4.90 Å². The Morgan fingerprint density at radius 2 is 2.08 bits per heavy atom. The maximum Gasteiger partial charge on any atom is 0.412 e. The van der Waals surface area contributed by atoms with Crippen molar-refractivity contribution in [3.8, 4) is 10.4 Å². The van der Waals surface area contributed by atoms with Gasteiger partial charge >= 0.3 is 6.09 Å². The van der Waals surface area contributed by atoms with E-state index in [2.05, 4.69) is 4.90 Å². The van der Waals surface area contributed by atoms with Crippen LogP contribution in [-0.2, 0) is 0 Å². The molecule has 5 rings (SSSR count). The fourth-order valence-electron chi connectivity index (χ4n) is 4.14. The molecule has 1 atom stereocenters. The minimum Gasteiger partial charge on any atom is -0.465 e. The minimum absolute atomic E-state index is 0.0646. The molecular weight excluding hydrogens is 339 g/mol. The summed E-state index contributed by atoms with van der Waals surface area (Å²) in [6, 6.07) is 6.35. The molecule has 0 aliphatic carbocycles. The zero-order valence-corrected chi connectivity index (χ0v) is 14.9. The Balaban J connectivity index is 1.79. The van der Waals surface area contributed by atoms with Crippen LogP contribution in [0.4, 0.5) is 14.9 Å². The van der Waals surface area contributed by atoms with Gasteiger partial charge in [-0.15, -0.1) is 11.3 Å². The van der Waals surface area contributed by atoms with Crippen molar-refractivity contribution in [2.75, 3.05) is 24.5 Å². The number of thiophene rings is 1. The van der Waals surface area contributed by atoms with Crippen LogP contribution in [0.2, 0.25) is 0 Å². The summed E-state index contributed by atoms with van der Waals surface area (Å²) < 4.78 is 13.9. The summed E-state index contributed by atoms with van der Waals surface area (Å²) in [4.78, 5) is 16.9. The minimum atomic E-state index is -0.958. The highest BCUT2D eigenvalue weighted by Crippen LogP contribution is 2.40. The largest absolute Gasteiger partial charge is 0.465 e. The van der Waals surface area contributed by atoms with E-state index in [-0.39, 0.29) is 11.9 Å². The Morgan fingerprint density at radius 3 is 2.64 bits per heavy atom. The van der Waals surface area contributed by atoms with Crippen molar-refractivity contribution in [2.24, 2.45) is 5.92 Å². The van der Waals surface area contributed by atoms with Crippen molar-refractivity contribution in [3.05, 3.63) is 41.0 Å². The third-order valence-corrected chi connectivity index (χ3v) is 6.45. The highest BCUT2D eigenvalue weighted by atomic mass is 32.1. The number of anilines is 1. The number of halogens is 1. The fourth-order valence-corrected chi connectivity index (χ4v) is 5.06. The molecule has 0 radical (unpaired) electrons. The van der Waals surface area contributed by atoms with Gasteiger partial charge in [0.1, 0.15) is 5.82 Å². The first-order chi connectivity index (χ1) is 12.0. The van der Waals surface area contributed by atoms with Gasteiger partial charge in [-0.05, 0) is 74.0 Å². The van der Waals surface area contributed by atoms with E-state index in [1.807, 2.05) is 18.4 Å². The second kappa shape index (κ2) is 6.42. The molecule has 1 amide bonds. The van der Waals surface area contributed by atoms with Gasteiger partial charge in [-0.1, -0.05) is 0 Å². The van der Waals surface area contributed by atoms with Crippen LogP contribution >= 0.6 is 11.3 Å². The van der Waals surface area contributed by atoms with E-state index in [1.165, 1.54) is 28.4 Å². The molecule has 3 saturated heterocycles. The number of nitrogens with zero attached hydrogens (tertiary/aromatic N) is 2. The maximum atomic E-state index is 13.9. The molecule has 1 N–H and O–H groups in total. The molecule has 132 valence electrons. The summed E-state index contributed by atoms with van der Waals surface area (Å²) >= 11 is 1.52. The maximum absolute atomic E-state index is 13.9. The zero-order valence-electron chi connectivity index (χ0n) is 14.1. The summed E-state index contributed by atoms with van der Waals surface area (Å²) in [6.45, 7) is 4.85. The van der Waals surface area contributed by atoms with Crippen molar-refractivity contribution < 1.29 is 14.3 Å². The van der Waals surface area contributed by atoms with Crippen molar-refractivity contribution in [1.29, 1.82) is 0 Å². The lowest BCUT2D eigenvalue weighted by atomic mass is 9.83. The number of carbonyl (C=O) groups is 1. The average molecular weight is 360 g/mol. The van der Waals surface area contributed by atoms with Gasteiger partial charge in [0.2, 0.25) is 0 Å². The zero-order chi connectivity index (χ0) is 17.6. The molecule has 0 saturated carbocycles. The first-order valence-corrected chi connectivity index (χ1v) is 9.50. The van der Waals surface area contributed by atoms with E-state index >= 15 is 0 Å². The molecule has 4 nitrogen and oxygen atoms in total. The Kier molecular flexibility index (Phi) is 4.25. The van der Waals surface area contributed by atoms with Crippen LogP contribution in [0.5, 0.6) is 0 Å². The van der Waals surface area contributed by atoms with Gasteiger partial charge in [-0.25, -0.2) is 9.18 Å². The predicted octanol–water partition coefficient (Wildman–Crippen LogP) is 4.44. The summed E-state index contributed by atoms with van der Waals surface area (Å²) in [5, 5.41) is 12.0. The topological polar surface area (TPSA) is 43.8 Å². The van der Waals surface area contributed by atoms with Crippen LogP contribution in [0, 0.1) is 18.7 Å². The van der Waals surface area contributed by atoms with Crippen LogP contribution in [0.1, 0.15) is 18.4 Å². The Labute approximate surface area is 150 Å². The highest BCUT2D eigenvalue weighted by molar-refractivity contribution is 7.13. The molecule has 4 heterocycles. The molecule has 3 aliphatic rings. The van der Waals surface area contributed by atoms with E-state index in [0.717, 1.165) is 42.9 Å². The third kappa shape index (κ3) is 3.04. The molecule has 3 aliphatic heterocycles. The van der Waals surface area contributed by atoms with Gasteiger partial charge in [-0.2, -0.15) is 0 Å². The average Bonchev–Trinajstić information content (AvgIpc) is 3.03. The molecule has 1 unspecified atom stereocenters. The van der Waals surface area contributed by atoms with Gasteiger partial charge in [0.05, 0.1) is 11.7 Å². The molecule has 6 heteroatoms. The number of hydrogen-bond acceptors (Lipinski definition) is 3. The Morgan fingerprint density at radius 1 is 1.32 bits per heavy atom. The molecule has 3 fully saturated rings. The molecule has 1 aromatic carbocycles. The second-order valence-electron chi connectivity index (χ2n) is 7.01. The smallest absolute Gasteiger partial charge is 0.412 e. The molecule has 25 heavy (non-hydrogen) atoms. The van der Waals surface area contributed by atoms with Gasteiger partial charge in [0, 0.05) is 17.0 Å². The standard InChI is InChI=1S/C19H21FN2O2S/c1-12-8-18(25-11-12)15-9-14(20)2-3-16(15)22(19(23)24)17-10-21-6-4-13(17)5-7-21/h2-3,8-9,11,13,17H,4-7,10H2,1H3,(H,23,24). The number of benzene rings is 1. The van der Waals surface area contributed by atoms with Crippen LogP contribution in [0.3, 0.4) is 0 Å². The lowest BCUT2D eigenvalue weighted by molar-refractivity contribution is 0.0838. The summed E-state index contributed by atoms with van der Waals surface area (Å²) in [5.74, 6) is 0.0353. The highest BCUT2D eigenvalue weighted by Gasteiger charge is 2.40. The van der Waals surface area contributed by atoms with E-state index in [4.69, 9.17) is 0 Å². The summed E-state index contributed by atoms with van der Waals surface area (Å²) in [7, 11) is 0. The predicted molar refractivity (Wildman–Crippen MR) is 97.9 cm³/mol. The number of piperidine rings is 3. The number of carboxylic acid groups (broad SMARTS) is 1. The van der Waals surface area contributed by atoms with Crippen LogP contribution in [-0.4, -0.2) is 41.8 Å². The normalized spacial score (nSPS) is 25.1. The molecular formula is C19H21FN2O2S. The van der Waals surface area contributed by atoms with Gasteiger partial charge < -0.3 is 10.0 Å². The van der Waals surface area contributed by atoms with Gasteiger partial charge in [-0.3, -0.25) is 4.90 Å². The third-order valence-electron chi connectivity index (χ3n) is 5.37. The van der Waals surface area contributed by atoms with E-state index in [9.17, 15) is 14.3 Å². The van der Waals surface area contributed by atoms with Crippen LogP contribution in [0.15, 0.2) is 29.6 Å². The molecule has 2 bridgehead atoms. The van der Waals surface area contributed by atoms with E-state index in [1.54, 1.807) is 6.07 Å². The number of aryl methyl sites for hydroxylation is 1. The van der Waals surface area contributed by atoms with E-state index in [0.29, 0.717) is 17.2 Å². The number of hydrogen-bond donors (Lipinski definition) is 1. The Bertz CT molecular complexity index is 798. The first-order valence-electron chi connectivity index (χ1n) is 8.62. The van der Waals surface area contributed by atoms with Crippen molar-refractivity contribution >= 4 is 23.1 Å². The van der Waals surface area contributed by atoms with Crippen LogP contribution in [0.25, 0.3) is 10.4 Å². The lowest BCUT2D eigenvalue weighted by Crippen LogP contribution is -2.58. The number of amides is 1. The van der Waals surface area contributed by atoms with Crippen molar-refractivity contribution in [3.63, 3.8) is 0 Å². The summed E-state index contributed by atoms with van der Waals surface area (Å²) in [6.07, 6.45) is 1.10. The molecule has 2 aromatic rings. The lowest BCUT2D eigenvalue weighted by Gasteiger charge is -2.48. The van der Waals surface area contributed by atoms with Gasteiger partial charge in [0.25, 0.3) is 0 Å². The second-order valence-corrected chi connectivity index (χ2v) is 7.92. The number of fused-ring (bicyclic) bond motifs is 3. The first kappa shape index (κ1) is 16.5. The monoisotopic (exact) mass is 360 g/mol. The van der Waals surface area contributed by atoms with Crippen molar-refractivity contribution in [1.82, 2.24) is 4.90 Å². The van der Waals surface area contributed by atoms with Crippen molar-refractivity contribution in [2.45, 2.75) is 25.8 Å². The number of rotatable bonds is 3. The summed E-state index contributed by atoms with van der Waals surface area (Å²) in [5.41, 5.74) is 2.35. The van der Waals surface area contributed by atoms with E-state index < -0.39 is 6.09 Å². The van der Waals surface area contributed by atoms with Gasteiger partial charge in [0.15, 0.2) is 0 Å². The SMILES string of the molecule is Cc1csc(-c2cc(F)ccc2N(C(=O)O)C2CN3CCC2CC3)c1. The quantitative estimate of drug-likeness (QED) is 0.880. The fraction of sp³-hybridized carbons (Fsp3) is 0.421.